The summed E-state index contributed by atoms with van der Waals surface area (Å²) in [6.45, 7) is 1.85. The highest BCUT2D eigenvalue weighted by molar-refractivity contribution is 5.83. The number of carbonyl (C=O) groups is 2. The predicted octanol–water partition coefficient (Wildman–Crippen LogP) is 3.86. The lowest BCUT2D eigenvalue weighted by Crippen LogP contribution is -2.14. The molecular formula is C20H31NO4. The van der Waals surface area contributed by atoms with Crippen LogP contribution in [0.5, 0.6) is 0 Å². The van der Waals surface area contributed by atoms with Crippen molar-refractivity contribution in [1.82, 2.24) is 0 Å². The Bertz CT molecular complexity index is 494. The molecule has 1 aliphatic rings. The van der Waals surface area contributed by atoms with Gasteiger partial charge in [0.15, 0.2) is 0 Å². The third kappa shape index (κ3) is 8.83. The largest absolute Gasteiger partial charge is 0.481 e. The minimum absolute atomic E-state index is 0.0426. The summed E-state index contributed by atoms with van der Waals surface area (Å²) in [5.74, 6) is -0.243. The molecule has 4 unspecified atom stereocenters. The topological polar surface area (TPSA) is 98.4 Å². The van der Waals surface area contributed by atoms with Crippen LogP contribution in [0.4, 0.5) is 0 Å². The monoisotopic (exact) mass is 349 g/mol. The summed E-state index contributed by atoms with van der Waals surface area (Å²) < 4.78 is 0. The first-order chi connectivity index (χ1) is 11.9. The number of carbonyl (C=O) groups excluding carboxylic acids is 1. The van der Waals surface area contributed by atoms with Crippen LogP contribution in [-0.2, 0) is 9.59 Å². The molecular weight excluding hydrogens is 318 g/mol. The van der Waals surface area contributed by atoms with E-state index in [0.29, 0.717) is 31.5 Å². The standard InChI is InChI=1S/C20H31NO4/c1-15(14-21)8-11-17(22)12-9-16-10-13-19(23)18(16)6-4-2-3-5-7-20(24)25/h9,12,15-18,22H,2-8,10-11,13H2,1H3,(H,24,25). The third-order valence-corrected chi connectivity index (χ3v) is 5.01. The minimum Gasteiger partial charge on any atom is -0.481 e. The zero-order valence-electron chi connectivity index (χ0n) is 15.2. The Kier molecular flexibility index (Phi) is 10.1. The Morgan fingerprint density at radius 2 is 2.04 bits per heavy atom. The number of Topliss-reactive ketones (excluding diaryl/α,β-unsaturated/α-hetero) is 1. The van der Waals surface area contributed by atoms with Crippen molar-refractivity contribution in [2.45, 2.75) is 77.2 Å². The number of carboxylic acids is 1. The van der Waals surface area contributed by atoms with Crippen molar-refractivity contribution in [3.63, 3.8) is 0 Å². The second kappa shape index (κ2) is 11.8. The van der Waals surface area contributed by atoms with Gasteiger partial charge in [-0.15, -0.1) is 0 Å². The molecule has 25 heavy (non-hydrogen) atoms. The number of aliphatic hydroxyl groups is 1. The summed E-state index contributed by atoms with van der Waals surface area (Å²) in [6, 6.07) is 2.16. The van der Waals surface area contributed by atoms with Crippen LogP contribution < -0.4 is 0 Å². The number of carboxylic acid groups (broad SMARTS) is 1. The molecule has 0 heterocycles. The van der Waals surface area contributed by atoms with Crippen molar-refractivity contribution < 1.29 is 19.8 Å². The lowest BCUT2D eigenvalue weighted by molar-refractivity contribution is -0.137. The van der Waals surface area contributed by atoms with Crippen LogP contribution in [-0.4, -0.2) is 28.1 Å². The number of ketones is 1. The van der Waals surface area contributed by atoms with Crippen LogP contribution in [0.2, 0.25) is 0 Å². The molecule has 1 aliphatic carbocycles. The second-order valence-electron chi connectivity index (χ2n) is 7.18. The third-order valence-electron chi connectivity index (χ3n) is 5.01. The Hall–Kier alpha value is -1.67. The Balaban J connectivity index is 2.32. The number of allylic oxidation sites excluding steroid dienone is 1. The highest BCUT2D eigenvalue weighted by atomic mass is 16.4. The smallest absolute Gasteiger partial charge is 0.303 e. The molecule has 0 spiro atoms. The SMILES string of the molecule is CC(C#N)CCC(O)C=CC1CCC(=O)C1CCCCCCC(=O)O. The second-order valence-corrected chi connectivity index (χ2v) is 7.18. The number of unbranched alkanes of at least 4 members (excludes halogenated alkanes) is 3. The first-order valence-electron chi connectivity index (χ1n) is 9.44. The van der Waals surface area contributed by atoms with Gasteiger partial charge in [-0.1, -0.05) is 31.4 Å². The van der Waals surface area contributed by atoms with Crippen LogP contribution >= 0.6 is 0 Å². The average Bonchev–Trinajstić information content (AvgIpc) is 2.93. The molecule has 0 aromatic rings. The maximum atomic E-state index is 12.1. The number of aliphatic carboxylic acids is 1. The van der Waals surface area contributed by atoms with E-state index in [1.54, 1.807) is 6.08 Å². The maximum absolute atomic E-state index is 12.1. The maximum Gasteiger partial charge on any atom is 0.303 e. The van der Waals surface area contributed by atoms with Crippen molar-refractivity contribution in [2.24, 2.45) is 17.8 Å². The molecule has 4 atom stereocenters. The number of hydrogen-bond donors (Lipinski definition) is 2. The number of nitriles is 1. The summed E-state index contributed by atoms with van der Waals surface area (Å²) >= 11 is 0. The van der Waals surface area contributed by atoms with Crippen LogP contribution in [0.25, 0.3) is 0 Å². The van der Waals surface area contributed by atoms with Crippen molar-refractivity contribution in [3.05, 3.63) is 12.2 Å². The van der Waals surface area contributed by atoms with E-state index in [1.807, 2.05) is 13.0 Å². The molecule has 0 aliphatic heterocycles. The molecule has 0 saturated heterocycles. The molecule has 0 aromatic heterocycles. The first kappa shape index (κ1) is 21.4. The van der Waals surface area contributed by atoms with E-state index in [1.165, 1.54) is 0 Å². The van der Waals surface area contributed by atoms with Gasteiger partial charge in [0.2, 0.25) is 0 Å². The van der Waals surface area contributed by atoms with E-state index >= 15 is 0 Å². The fraction of sp³-hybridized carbons (Fsp3) is 0.750. The molecule has 1 fully saturated rings. The summed E-state index contributed by atoms with van der Waals surface area (Å²) in [5.41, 5.74) is 0. The number of hydrogen-bond acceptors (Lipinski definition) is 4. The van der Waals surface area contributed by atoms with E-state index in [9.17, 15) is 14.7 Å². The number of nitrogens with zero attached hydrogens (tertiary/aromatic N) is 1. The van der Waals surface area contributed by atoms with Crippen molar-refractivity contribution in [2.75, 3.05) is 0 Å². The molecule has 0 radical (unpaired) electrons. The summed E-state index contributed by atoms with van der Waals surface area (Å²) in [7, 11) is 0. The van der Waals surface area contributed by atoms with E-state index in [4.69, 9.17) is 10.4 Å². The van der Waals surface area contributed by atoms with Crippen LogP contribution in [0.15, 0.2) is 12.2 Å². The quantitative estimate of drug-likeness (QED) is 0.412. The zero-order chi connectivity index (χ0) is 18.7. The highest BCUT2D eigenvalue weighted by Crippen LogP contribution is 2.34. The lowest BCUT2D eigenvalue weighted by atomic mass is 9.89. The normalized spacial score (nSPS) is 22.8. The highest BCUT2D eigenvalue weighted by Gasteiger charge is 2.32. The summed E-state index contributed by atoms with van der Waals surface area (Å²) in [5, 5.41) is 27.4. The molecule has 0 aromatic carbocycles. The van der Waals surface area contributed by atoms with Gasteiger partial charge >= 0.3 is 5.97 Å². The van der Waals surface area contributed by atoms with Gasteiger partial charge in [-0.3, -0.25) is 9.59 Å². The number of rotatable bonds is 12. The van der Waals surface area contributed by atoms with Crippen LogP contribution in [0.3, 0.4) is 0 Å². The van der Waals surface area contributed by atoms with Gasteiger partial charge in [0.1, 0.15) is 5.78 Å². The van der Waals surface area contributed by atoms with Gasteiger partial charge < -0.3 is 10.2 Å². The van der Waals surface area contributed by atoms with Gasteiger partial charge in [0.25, 0.3) is 0 Å². The number of aliphatic hydroxyl groups excluding tert-OH is 1. The van der Waals surface area contributed by atoms with Crippen molar-refractivity contribution >= 4 is 11.8 Å². The molecule has 0 bridgehead atoms. The fourth-order valence-corrected chi connectivity index (χ4v) is 3.39. The Morgan fingerprint density at radius 1 is 1.32 bits per heavy atom. The van der Waals surface area contributed by atoms with E-state index < -0.39 is 12.1 Å². The van der Waals surface area contributed by atoms with Gasteiger partial charge in [-0.25, -0.2) is 0 Å². The van der Waals surface area contributed by atoms with E-state index in [-0.39, 0.29) is 24.2 Å². The van der Waals surface area contributed by atoms with Crippen molar-refractivity contribution in [1.29, 1.82) is 5.26 Å². The average molecular weight is 349 g/mol. The fourth-order valence-electron chi connectivity index (χ4n) is 3.39. The Labute approximate surface area is 150 Å². The first-order valence-corrected chi connectivity index (χ1v) is 9.44. The summed E-state index contributed by atoms with van der Waals surface area (Å²) in [4.78, 5) is 22.5. The summed E-state index contributed by atoms with van der Waals surface area (Å²) in [6.07, 6.45) is 10.5. The van der Waals surface area contributed by atoms with Gasteiger partial charge in [-0.2, -0.15) is 5.26 Å². The molecule has 5 nitrogen and oxygen atoms in total. The van der Waals surface area contributed by atoms with Gasteiger partial charge in [-0.05, 0) is 44.9 Å². The van der Waals surface area contributed by atoms with Gasteiger partial charge in [0, 0.05) is 24.7 Å². The van der Waals surface area contributed by atoms with E-state index in [2.05, 4.69) is 6.07 Å². The molecule has 2 N–H and O–H groups in total. The Morgan fingerprint density at radius 3 is 2.72 bits per heavy atom. The lowest BCUT2D eigenvalue weighted by Gasteiger charge is -2.15. The predicted molar refractivity (Wildman–Crippen MR) is 95.7 cm³/mol. The zero-order valence-corrected chi connectivity index (χ0v) is 15.2. The van der Waals surface area contributed by atoms with Crippen molar-refractivity contribution in [3.8, 4) is 6.07 Å². The van der Waals surface area contributed by atoms with Crippen LogP contribution in [0.1, 0.15) is 71.1 Å². The van der Waals surface area contributed by atoms with Crippen LogP contribution in [0, 0.1) is 29.1 Å². The molecule has 140 valence electrons. The molecule has 0 amide bonds. The molecule has 1 rings (SSSR count). The molecule has 5 heteroatoms. The minimum atomic E-state index is -0.751. The van der Waals surface area contributed by atoms with E-state index in [0.717, 1.165) is 32.1 Å². The van der Waals surface area contributed by atoms with Gasteiger partial charge in [0.05, 0.1) is 12.2 Å². The molecule has 1 saturated carbocycles.